The van der Waals surface area contributed by atoms with Crippen LogP contribution in [0.5, 0.6) is 0 Å². The zero-order chi connectivity index (χ0) is 14.4. The first-order chi connectivity index (χ1) is 9.66. The van der Waals surface area contributed by atoms with Crippen molar-refractivity contribution in [3.63, 3.8) is 0 Å². The van der Waals surface area contributed by atoms with Crippen LogP contribution in [0.4, 0.5) is 0 Å². The zero-order valence-electron chi connectivity index (χ0n) is 11.1. The van der Waals surface area contributed by atoms with Crippen molar-refractivity contribution in [2.45, 2.75) is 18.6 Å². The van der Waals surface area contributed by atoms with Gasteiger partial charge in [-0.05, 0) is 5.56 Å². The van der Waals surface area contributed by atoms with Gasteiger partial charge >= 0.3 is 0 Å². The molecule has 0 aliphatic carbocycles. The quantitative estimate of drug-likeness (QED) is 0.768. The molecular weight excluding hydrogens is 260 g/mol. The van der Waals surface area contributed by atoms with Crippen LogP contribution in [-0.4, -0.2) is 43.8 Å². The van der Waals surface area contributed by atoms with Crippen LogP contribution in [0.15, 0.2) is 30.3 Å². The molecule has 0 aromatic heterocycles. The number of benzene rings is 1. The molecule has 3 N–H and O–H groups in total. The van der Waals surface area contributed by atoms with E-state index < -0.39 is 18.1 Å². The fourth-order valence-corrected chi connectivity index (χ4v) is 1.98. The van der Waals surface area contributed by atoms with E-state index in [0.29, 0.717) is 19.6 Å². The van der Waals surface area contributed by atoms with Gasteiger partial charge in [0.25, 0.3) is 5.91 Å². The Kier molecular flexibility index (Phi) is 5.09. The predicted molar refractivity (Wildman–Crippen MR) is 71.8 cm³/mol. The average Bonchev–Trinajstić information content (AvgIpc) is 2.48. The smallest absolute Gasteiger partial charge is 0.252 e. The van der Waals surface area contributed by atoms with E-state index in [1.807, 2.05) is 30.3 Å². The van der Waals surface area contributed by atoms with Gasteiger partial charge in [0.05, 0.1) is 19.8 Å². The Morgan fingerprint density at radius 3 is 2.65 bits per heavy atom. The van der Waals surface area contributed by atoms with Crippen molar-refractivity contribution < 1.29 is 19.1 Å². The van der Waals surface area contributed by atoms with Gasteiger partial charge in [-0.15, -0.1) is 0 Å². The molecule has 20 heavy (non-hydrogen) atoms. The predicted octanol–water partition coefficient (Wildman–Crippen LogP) is -0.385. The maximum absolute atomic E-state index is 12.0. The fraction of sp³-hybridized carbons (Fsp3) is 0.429. The third-order valence-electron chi connectivity index (χ3n) is 3.05. The molecule has 2 rings (SSSR count). The van der Waals surface area contributed by atoms with Crippen molar-refractivity contribution in [3.05, 3.63) is 35.9 Å². The summed E-state index contributed by atoms with van der Waals surface area (Å²) in [6, 6.07) is 8.62. The van der Waals surface area contributed by atoms with Crippen LogP contribution in [-0.2, 0) is 25.5 Å². The summed E-state index contributed by atoms with van der Waals surface area (Å²) in [5.41, 5.74) is 6.26. The highest BCUT2D eigenvalue weighted by molar-refractivity contribution is 5.88. The van der Waals surface area contributed by atoms with Crippen molar-refractivity contribution in [3.8, 4) is 0 Å². The summed E-state index contributed by atoms with van der Waals surface area (Å²) in [4.78, 5) is 23.4. The average molecular weight is 278 g/mol. The summed E-state index contributed by atoms with van der Waals surface area (Å²) in [5, 5.41) is 2.62. The molecular formula is C14H18N2O4. The first-order valence-corrected chi connectivity index (χ1v) is 6.50. The van der Waals surface area contributed by atoms with E-state index in [2.05, 4.69) is 5.32 Å². The van der Waals surface area contributed by atoms with Crippen LogP contribution in [0, 0.1) is 0 Å². The van der Waals surface area contributed by atoms with E-state index >= 15 is 0 Å². The molecule has 1 aliphatic rings. The van der Waals surface area contributed by atoms with Gasteiger partial charge in [0.2, 0.25) is 5.91 Å². The van der Waals surface area contributed by atoms with Crippen LogP contribution in [0.1, 0.15) is 5.56 Å². The Labute approximate surface area is 117 Å². The van der Waals surface area contributed by atoms with Crippen LogP contribution >= 0.6 is 0 Å². The number of primary amides is 1. The molecule has 0 bridgehead atoms. The standard InChI is InChI=1S/C14H18N2O4/c15-13(17)11(8-10-4-2-1-3-5-10)16-14(18)12-9-19-6-7-20-12/h1-5,11-12H,6-9H2,(H2,15,17)(H,16,18)/t11-,12+/m0/s1. The first-order valence-electron chi connectivity index (χ1n) is 6.50. The van der Waals surface area contributed by atoms with Gasteiger partial charge in [-0.3, -0.25) is 9.59 Å². The number of hydrogen-bond donors (Lipinski definition) is 2. The number of hydrogen-bond acceptors (Lipinski definition) is 4. The maximum atomic E-state index is 12.0. The van der Waals surface area contributed by atoms with Crippen molar-refractivity contribution in [2.24, 2.45) is 5.73 Å². The Bertz CT molecular complexity index is 458. The number of nitrogens with two attached hydrogens (primary N) is 1. The molecule has 108 valence electrons. The molecule has 0 saturated carbocycles. The van der Waals surface area contributed by atoms with Gasteiger partial charge in [0.15, 0.2) is 6.10 Å². The Balaban J connectivity index is 1.95. The van der Waals surface area contributed by atoms with E-state index in [1.165, 1.54) is 0 Å². The van der Waals surface area contributed by atoms with Crippen molar-refractivity contribution in [2.75, 3.05) is 19.8 Å². The molecule has 1 aliphatic heterocycles. The van der Waals surface area contributed by atoms with Crippen LogP contribution in [0.2, 0.25) is 0 Å². The van der Waals surface area contributed by atoms with Crippen LogP contribution < -0.4 is 11.1 Å². The lowest BCUT2D eigenvalue weighted by atomic mass is 10.1. The second-order valence-electron chi connectivity index (χ2n) is 4.59. The number of carbonyl (C=O) groups is 2. The van der Waals surface area contributed by atoms with Gasteiger partial charge in [-0.2, -0.15) is 0 Å². The van der Waals surface area contributed by atoms with Gasteiger partial charge in [-0.1, -0.05) is 30.3 Å². The van der Waals surface area contributed by atoms with E-state index in [9.17, 15) is 9.59 Å². The van der Waals surface area contributed by atoms with Crippen molar-refractivity contribution in [1.82, 2.24) is 5.32 Å². The zero-order valence-corrected chi connectivity index (χ0v) is 11.1. The minimum Gasteiger partial charge on any atom is -0.376 e. The summed E-state index contributed by atoms with van der Waals surface area (Å²) >= 11 is 0. The fourth-order valence-electron chi connectivity index (χ4n) is 1.98. The van der Waals surface area contributed by atoms with E-state index in [-0.39, 0.29) is 12.5 Å². The monoisotopic (exact) mass is 278 g/mol. The normalized spacial score (nSPS) is 20.1. The SMILES string of the molecule is NC(=O)[C@H](Cc1ccccc1)NC(=O)[C@H]1COCCO1. The second kappa shape index (κ2) is 7.02. The van der Waals surface area contributed by atoms with Gasteiger partial charge in [0, 0.05) is 6.42 Å². The molecule has 0 unspecified atom stereocenters. The number of amides is 2. The molecule has 0 radical (unpaired) electrons. The summed E-state index contributed by atoms with van der Waals surface area (Å²) in [5.74, 6) is -0.941. The minimum absolute atomic E-state index is 0.197. The molecule has 1 aromatic carbocycles. The van der Waals surface area contributed by atoms with Crippen molar-refractivity contribution >= 4 is 11.8 Å². The lowest BCUT2D eigenvalue weighted by Crippen LogP contribution is -2.51. The number of rotatable bonds is 5. The molecule has 6 nitrogen and oxygen atoms in total. The topological polar surface area (TPSA) is 90.7 Å². The summed E-state index contributed by atoms with van der Waals surface area (Å²) in [7, 11) is 0. The van der Waals surface area contributed by atoms with Crippen LogP contribution in [0.3, 0.4) is 0 Å². The molecule has 6 heteroatoms. The van der Waals surface area contributed by atoms with Crippen molar-refractivity contribution in [1.29, 1.82) is 0 Å². The number of nitrogens with one attached hydrogen (secondary N) is 1. The Hall–Kier alpha value is -1.92. The van der Waals surface area contributed by atoms with Crippen LogP contribution in [0.25, 0.3) is 0 Å². The highest BCUT2D eigenvalue weighted by atomic mass is 16.6. The molecule has 1 heterocycles. The maximum Gasteiger partial charge on any atom is 0.252 e. The summed E-state index contributed by atoms with van der Waals surface area (Å²) in [6.07, 6.45) is -0.323. The van der Waals surface area contributed by atoms with Gasteiger partial charge in [0.1, 0.15) is 6.04 Å². The number of ether oxygens (including phenoxy) is 2. The largest absolute Gasteiger partial charge is 0.376 e. The minimum atomic E-state index is -0.754. The highest BCUT2D eigenvalue weighted by Crippen LogP contribution is 2.05. The van der Waals surface area contributed by atoms with Gasteiger partial charge < -0.3 is 20.5 Å². The highest BCUT2D eigenvalue weighted by Gasteiger charge is 2.26. The molecule has 1 aromatic rings. The Morgan fingerprint density at radius 2 is 2.05 bits per heavy atom. The number of carbonyl (C=O) groups excluding carboxylic acids is 2. The van der Waals surface area contributed by atoms with E-state index in [0.717, 1.165) is 5.56 Å². The molecule has 0 spiro atoms. The second-order valence-corrected chi connectivity index (χ2v) is 4.59. The van der Waals surface area contributed by atoms with E-state index in [1.54, 1.807) is 0 Å². The van der Waals surface area contributed by atoms with Gasteiger partial charge in [-0.25, -0.2) is 0 Å². The lowest BCUT2D eigenvalue weighted by Gasteiger charge is -2.24. The lowest BCUT2D eigenvalue weighted by molar-refractivity contribution is -0.149. The first kappa shape index (κ1) is 14.5. The molecule has 1 saturated heterocycles. The summed E-state index contributed by atoms with van der Waals surface area (Å²) in [6.45, 7) is 1.05. The molecule has 1 fully saturated rings. The molecule has 2 amide bonds. The third-order valence-corrected chi connectivity index (χ3v) is 3.05. The van der Waals surface area contributed by atoms with E-state index in [4.69, 9.17) is 15.2 Å². The third kappa shape index (κ3) is 4.04. The molecule has 2 atom stereocenters. The summed E-state index contributed by atoms with van der Waals surface area (Å²) < 4.78 is 10.4. The Morgan fingerprint density at radius 1 is 1.30 bits per heavy atom.